The lowest BCUT2D eigenvalue weighted by Gasteiger charge is -2.08. The van der Waals surface area contributed by atoms with Crippen LogP contribution in [0.2, 0.25) is 0 Å². The Morgan fingerprint density at radius 2 is 2.23 bits per heavy atom. The number of nitrogens with one attached hydrogen (secondary N) is 1. The molecule has 0 saturated heterocycles. The van der Waals surface area contributed by atoms with Gasteiger partial charge >= 0.3 is 0 Å². The second-order valence-corrected chi connectivity index (χ2v) is 7.80. The molecule has 1 aliphatic rings. The van der Waals surface area contributed by atoms with Gasteiger partial charge in [0, 0.05) is 11.7 Å². The van der Waals surface area contributed by atoms with Gasteiger partial charge < -0.3 is 5.32 Å². The summed E-state index contributed by atoms with van der Waals surface area (Å²) in [5.74, 6) is 0.992. The number of aromatic nitrogens is 3. The van der Waals surface area contributed by atoms with E-state index in [1.807, 2.05) is 17.5 Å². The maximum absolute atomic E-state index is 12.2. The summed E-state index contributed by atoms with van der Waals surface area (Å²) in [6.45, 7) is 0. The number of amides is 1. The zero-order chi connectivity index (χ0) is 17.9. The molecule has 6 nitrogen and oxygen atoms in total. The number of thioether (sulfide) groups is 1. The molecule has 26 heavy (non-hydrogen) atoms. The molecule has 4 rings (SSSR count). The van der Waals surface area contributed by atoms with Gasteiger partial charge in [0.25, 0.3) is 0 Å². The average molecular weight is 381 g/mol. The van der Waals surface area contributed by atoms with Crippen LogP contribution in [0.15, 0.2) is 46.9 Å². The van der Waals surface area contributed by atoms with E-state index in [9.17, 15) is 4.79 Å². The Kier molecular flexibility index (Phi) is 4.73. The first-order valence-electron chi connectivity index (χ1n) is 8.16. The number of thiophene rings is 1. The van der Waals surface area contributed by atoms with Crippen LogP contribution in [-0.4, -0.2) is 26.4 Å². The monoisotopic (exact) mass is 381 g/mol. The molecule has 2 heterocycles. The molecule has 1 amide bonds. The second-order valence-electron chi connectivity index (χ2n) is 5.91. The number of carbonyl (C=O) groups is 1. The molecule has 2 aromatic heterocycles. The van der Waals surface area contributed by atoms with E-state index in [4.69, 9.17) is 5.26 Å². The number of benzene rings is 1. The zero-order valence-corrected chi connectivity index (χ0v) is 15.4. The van der Waals surface area contributed by atoms with Crippen molar-refractivity contribution in [3.63, 3.8) is 0 Å². The summed E-state index contributed by atoms with van der Waals surface area (Å²) in [5.41, 5.74) is 1.14. The Bertz CT molecular complexity index is 970. The third-order valence-corrected chi connectivity index (χ3v) is 5.73. The Morgan fingerprint density at radius 1 is 1.35 bits per heavy atom. The molecule has 0 atom stereocenters. The molecule has 0 bridgehead atoms. The first-order valence-corrected chi connectivity index (χ1v) is 10.0. The highest BCUT2D eigenvalue weighted by molar-refractivity contribution is 7.99. The van der Waals surface area contributed by atoms with Gasteiger partial charge in [-0.25, -0.2) is 0 Å². The highest BCUT2D eigenvalue weighted by atomic mass is 32.2. The van der Waals surface area contributed by atoms with Crippen LogP contribution in [0.3, 0.4) is 0 Å². The predicted octanol–water partition coefficient (Wildman–Crippen LogP) is 3.94. The molecule has 1 aliphatic carbocycles. The number of nitriles is 1. The van der Waals surface area contributed by atoms with E-state index in [2.05, 4.69) is 26.2 Å². The summed E-state index contributed by atoms with van der Waals surface area (Å²) in [5, 5.41) is 23.2. The van der Waals surface area contributed by atoms with Crippen molar-refractivity contribution < 1.29 is 4.79 Å². The average Bonchev–Trinajstić information content (AvgIpc) is 3.18. The minimum Gasteiger partial charge on any atom is -0.325 e. The first-order chi connectivity index (χ1) is 12.7. The minimum absolute atomic E-state index is 0.131. The number of anilines is 1. The molecular formula is C18H15N5OS2. The van der Waals surface area contributed by atoms with E-state index in [1.165, 1.54) is 11.8 Å². The van der Waals surface area contributed by atoms with Gasteiger partial charge in [0.1, 0.15) is 0 Å². The van der Waals surface area contributed by atoms with Crippen molar-refractivity contribution in [1.82, 2.24) is 14.8 Å². The second kappa shape index (κ2) is 7.32. The molecule has 1 N–H and O–H groups in total. The number of carbonyl (C=O) groups excluding carboxylic acids is 1. The van der Waals surface area contributed by atoms with E-state index in [0.29, 0.717) is 17.3 Å². The molecule has 1 saturated carbocycles. The molecule has 0 aliphatic heterocycles. The van der Waals surface area contributed by atoms with Crippen molar-refractivity contribution >= 4 is 34.7 Å². The summed E-state index contributed by atoms with van der Waals surface area (Å²) in [6, 6.07) is 13.4. The van der Waals surface area contributed by atoms with Crippen LogP contribution in [0.25, 0.3) is 10.7 Å². The van der Waals surface area contributed by atoms with Gasteiger partial charge in [-0.3, -0.25) is 9.36 Å². The standard InChI is InChI=1S/C18H15N5OS2/c19-10-12-3-1-4-13(9-12)20-16(24)11-26-18-22-21-17(15-5-2-8-25-15)23(18)14-6-7-14/h1-5,8-9,14H,6-7,11H2,(H,20,24). The van der Waals surface area contributed by atoms with Crippen molar-refractivity contribution in [1.29, 1.82) is 5.26 Å². The van der Waals surface area contributed by atoms with Crippen LogP contribution in [0.4, 0.5) is 5.69 Å². The van der Waals surface area contributed by atoms with Crippen molar-refractivity contribution in [2.24, 2.45) is 0 Å². The van der Waals surface area contributed by atoms with Crippen LogP contribution in [-0.2, 0) is 4.79 Å². The normalized spacial score (nSPS) is 13.3. The Balaban J connectivity index is 1.45. The van der Waals surface area contributed by atoms with Gasteiger partial charge in [0.2, 0.25) is 5.91 Å². The fraction of sp³-hybridized carbons (Fsp3) is 0.222. The Morgan fingerprint density at radius 3 is 2.96 bits per heavy atom. The fourth-order valence-corrected chi connectivity index (χ4v) is 4.12. The molecule has 1 fully saturated rings. The molecule has 130 valence electrons. The first kappa shape index (κ1) is 16.8. The summed E-state index contributed by atoms with van der Waals surface area (Å²) in [7, 11) is 0. The maximum atomic E-state index is 12.2. The van der Waals surface area contributed by atoms with E-state index in [-0.39, 0.29) is 11.7 Å². The van der Waals surface area contributed by atoms with Gasteiger partial charge in [-0.15, -0.1) is 21.5 Å². The van der Waals surface area contributed by atoms with Crippen LogP contribution in [0.5, 0.6) is 0 Å². The van der Waals surface area contributed by atoms with Crippen LogP contribution in [0, 0.1) is 11.3 Å². The minimum atomic E-state index is -0.131. The molecule has 1 aromatic carbocycles. The quantitative estimate of drug-likeness (QED) is 0.654. The summed E-state index contributed by atoms with van der Waals surface area (Å²) >= 11 is 3.03. The zero-order valence-electron chi connectivity index (χ0n) is 13.8. The predicted molar refractivity (Wildman–Crippen MR) is 102 cm³/mol. The number of hydrogen-bond acceptors (Lipinski definition) is 6. The van der Waals surface area contributed by atoms with Crippen molar-refractivity contribution in [2.45, 2.75) is 24.0 Å². The summed E-state index contributed by atoms with van der Waals surface area (Å²) in [6.07, 6.45) is 2.24. The molecular weight excluding hydrogens is 366 g/mol. The fourth-order valence-electron chi connectivity index (χ4n) is 2.60. The van der Waals surface area contributed by atoms with Crippen LogP contribution >= 0.6 is 23.1 Å². The van der Waals surface area contributed by atoms with Crippen molar-refractivity contribution in [2.75, 3.05) is 11.1 Å². The van der Waals surface area contributed by atoms with Crippen molar-refractivity contribution in [3.8, 4) is 16.8 Å². The molecule has 3 aromatic rings. The van der Waals surface area contributed by atoms with E-state index < -0.39 is 0 Å². The van der Waals surface area contributed by atoms with Gasteiger partial charge in [-0.1, -0.05) is 23.9 Å². The van der Waals surface area contributed by atoms with Gasteiger partial charge in [0.05, 0.1) is 22.3 Å². The summed E-state index contributed by atoms with van der Waals surface area (Å²) in [4.78, 5) is 13.3. The molecule has 8 heteroatoms. The SMILES string of the molecule is N#Cc1cccc(NC(=O)CSc2nnc(-c3cccs3)n2C2CC2)c1. The number of rotatable bonds is 6. The highest BCUT2D eigenvalue weighted by Gasteiger charge is 2.30. The lowest BCUT2D eigenvalue weighted by atomic mass is 10.2. The lowest BCUT2D eigenvalue weighted by Crippen LogP contribution is -2.14. The largest absolute Gasteiger partial charge is 0.325 e. The summed E-state index contributed by atoms with van der Waals surface area (Å²) < 4.78 is 2.15. The van der Waals surface area contributed by atoms with E-state index in [1.54, 1.807) is 35.6 Å². The van der Waals surface area contributed by atoms with Crippen LogP contribution < -0.4 is 5.32 Å². The Hall–Kier alpha value is -2.63. The van der Waals surface area contributed by atoms with E-state index >= 15 is 0 Å². The number of hydrogen-bond donors (Lipinski definition) is 1. The van der Waals surface area contributed by atoms with Crippen LogP contribution in [0.1, 0.15) is 24.4 Å². The lowest BCUT2D eigenvalue weighted by molar-refractivity contribution is -0.113. The van der Waals surface area contributed by atoms with E-state index in [0.717, 1.165) is 28.7 Å². The van der Waals surface area contributed by atoms with Crippen molar-refractivity contribution in [3.05, 3.63) is 47.3 Å². The van der Waals surface area contributed by atoms with Gasteiger partial charge in [-0.2, -0.15) is 5.26 Å². The highest BCUT2D eigenvalue weighted by Crippen LogP contribution is 2.41. The smallest absolute Gasteiger partial charge is 0.234 e. The topological polar surface area (TPSA) is 83.6 Å². The number of nitrogens with zero attached hydrogens (tertiary/aromatic N) is 4. The molecule has 0 unspecified atom stereocenters. The maximum Gasteiger partial charge on any atom is 0.234 e. The van der Waals surface area contributed by atoms with Gasteiger partial charge in [0.15, 0.2) is 11.0 Å². The Labute approximate surface area is 158 Å². The third kappa shape index (κ3) is 3.64. The van der Waals surface area contributed by atoms with Gasteiger partial charge in [-0.05, 0) is 42.5 Å². The molecule has 0 spiro atoms. The third-order valence-electron chi connectivity index (χ3n) is 3.93. The molecule has 0 radical (unpaired) electrons.